The first kappa shape index (κ1) is 23.8. The molecule has 4 aromatic rings. The van der Waals surface area contributed by atoms with Gasteiger partial charge in [0.2, 0.25) is 5.91 Å². The highest BCUT2D eigenvalue weighted by atomic mass is 19.2. The SMILES string of the molecule is O=C(c1cc(-c2ccncc2)n(-c2ccc(F)c(F)c2)n1)N1CCC2(CC1)C(=O)NCN2c1ccccc1. The first-order valence-electron chi connectivity index (χ1n) is 12.3. The molecule has 192 valence electrons. The van der Waals surface area contributed by atoms with Gasteiger partial charge in [0.1, 0.15) is 5.54 Å². The van der Waals surface area contributed by atoms with Crippen molar-refractivity contribution in [1.29, 1.82) is 0 Å². The van der Waals surface area contributed by atoms with Crippen LogP contribution in [0.5, 0.6) is 0 Å². The molecular weight excluding hydrogens is 490 g/mol. The number of carbonyl (C=O) groups excluding carboxylic acids is 2. The summed E-state index contributed by atoms with van der Waals surface area (Å²) in [5.41, 5.74) is 1.96. The maximum atomic E-state index is 14.0. The van der Waals surface area contributed by atoms with E-state index in [4.69, 9.17) is 0 Å². The van der Waals surface area contributed by atoms with E-state index < -0.39 is 17.2 Å². The minimum Gasteiger partial charge on any atom is -0.339 e. The minimum atomic E-state index is -1.01. The van der Waals surface area contributed by atoms with Crippen LogP contribution in [0.25, 0.3) is 16.9 Å². The van der Waals surface area contributed by atoms with Gasteiger partial charge in [0.05, 0.1) is 18.1 Å². The highest BCUT2D eigenvalue weighted by Gasteiger charge is 2.51. The Kier molecular flexibility index (Phi) is 5.86. The van der Waals surface area contributed by atoms with Crippen LogP contribution in [0.4, 0.5) is 14.5 Å². The number of anilines is 1. The van der Waals surface area contributed by atoms with Crippen molar-refractivity contribution >= 4 is 17.5 Å². The van der Waals surface area contributed by atoms with Crippen molar-refractivity contribution < 1.29 is 18.4 Å². The smallest absolute Gasteiger partial charge is 0.274 e. The number of nitrogens with one attached hydrogen (secondary N) is 1. The van der Waals surface area contributed by atoms with Gasteiger partial charge in [-0.15, -0.1) is 0 Å². The number of hydrogen-bond acceptors (Lipinski definition) is 5. The summed E-state index contributed by atoms with van der Waals surface area (Å²) in [5, 5.41) is 7.46. The number of likely N-dealkylation sites (tertiary alicyclic amines) is 1. The van der Waals surface area contributed by atoms with E-state index in [1.807, 2.05) is 30.3 Å². The van der Waals surface area contributed by atoms with E-state index in [2.05, 4.69) is 20.3 Å². The summed E-state index contributed by atoms with van der Waals surface area (Å²) in [5.74, 6) is -2.30. The molecular formula is C28H24F2N6O2. The third kappa shape index (κ3) is 3.98. The largest absolute Gasteiger partial charge is 0.339 e. The van der Waals surface area contributed by atoms with Crippen LogP contribution in [0.3, 0.4) is 0 Å². The third-order valence-electron chi connectivity index (χ3n) is 7.34. The van der Waals surface area contributed by atoms with Crippen LogP contribution < -0.4 is 10.2 Å². The number of piperidine rings is 1. The molecule has 2 amide bonds. The van der Waals surface area contributed by atoms with Gasteiger partial charge in [-0.2, -0.15) is 5.10 Å². The Balaban J connectivity index is 1.28. The fourth-order valence-electron chi connectivity index (χ4n) is 5.30. The molecule has 1 spiro atoms. The Hall–Kier alpha value is -4.60. The molecule has 2 aromatic carbocycles. The maximum Gasteiger partial charge on any atom is 0.274 e. The van der Waals surface area contributed by atoms with E-state index in [1.165, 1.54) is 10.7 Å². The van der Waals surface area contributed by atoms with E-state index in [1.54, 1.807) is 35.5 Å². The van der Waals surface area contributed by atoms with Gasteiger partial charge in [-0.1, -0.05) is 18.2 Å². The van der Waals surface area contributed by atoms with Crippen molar-refractivity contribution in [2.75, 3.05) is 24.7 Å². The van der Waals surface area contributed by atoms with Crippen molar-refractivity contribution in [3.05, 3.63) is 96.5 Å². The zero-order valence-corrected chi connectivity index (χ0v) is 20.3. The normalized spacial score (nSPS) is 16.6. The van der Waals surface area contributed by atoms with Crippen molar-refractivity contribution in [3.63, 3.8) is 0 Å². The lowest BCUT2D eigenvalue weighted by atomic mass is 9.85. The van der Waals surface area contributed by atoms with Crippen molar-refractivity contribution in [2.24, 2.45) is 0 Å². The summed E-state index contributed by atoms with van der Waals surface area (Å²) in [6.45, 7) is 1.17. The molecule has 0 aliphatic carbocycles. The summed E-state index contributed by atoms with van der Waals surface area (Å²) in [7, 11) is 0. The topological polar surface area (TPSA) is 83.4 Å². The molecule has 0 unspecified atom stereocenters. The molecule has 4 heterocycles. The average Bonchev–Trinajstić information content (AvgIpc) is 3.53. The van der Waals surface area contributed by atoms with Gasteiger partial charge in [-0.05, 0) is 55.3 Å². The van der Waals surface area contributed by atoms with Gasteiger partial charge in [-0.3, -0.25) is 14.6 Å². The minimum absolute atomic E-state index is 0.0314. The van der Waals surface area contributed by atoms with E-state index in [0.29, 0.717) is 38.3 Å². The molecule has 6 rings (SSSR count). The molecule has 10 heteroatoms. The zero-order valence-electron chi connectivity index (χ0n) is 20.3. The third-order valence-corrected chi connectivity index (χ3v) is 7.34. The van der Waals surface area contributed by atoms with E-state index in [9.17, 15) is 18.4 Å². The van der Waals surface area contributed by atoms with Gasteiger partial charge in [0.15, 0.2) is 17.3 Å². The molecule has 0 bridgehead atoms. The van der Waals surface area contributed by atoms with Crippen LogP contribution in [0.2, 0.25) is 0 Å². The van der Waals surface area contributed by atoms with Crippen molar-refractivity contribution in [1.82, 2.24) is 25.0 Å². The molecule has 2 saturated heterocycles. The van der Waals surface area contributed by atoms with Gasteiger partial charge in [-0.25, -0.2) is 13.5 Å². The van der Waals surface area contributed by atoms with Gasteiger partial charge >= 0.3 is 0 Å². The van der Waals surface area contributed by atoms with Gasteiger partial charge in [0.25, 0.3) is 5.91 Å². The summed E-state index contributed by atoms with van der Waals surface area (Å²) in [6.07, 6.45) is 4.16. The number of nitrogens with zero attached hydrogens (tertiary/aromatic N) is 5. The van der Waals surface area contributed by atoms with E-state index in [-0.39, 0.29) is 23.2 Å². The van der Waals surface area contributed by atoms with Crippen molar-refractivity contribution in [2.45, 2.75) is 18.4 Å². The number of aromatic nitrogens is 3. The van der Waals surface area contributed by atoms with Crippen LogP contribution in [-0.4, -0.2) is 56.8 Å². The number of rotatable bonds is 4. The predicted molar refractivity (Wildman–Crippen MR) is 137 cm³/mol. The van der Waals surface area contributed by atoms with E-state index in [0.717, 1.165) is 23.4 Å². The Morgan fingerprint density at radius 3 is 2.34 bits per heavy atom. The highest BCUT2D eigenvalue weighted by molar-refractivity contribution is 5.96. The number of amides is 2. The summed E-state index contributed by atoms with van der Waals surface area (Å²) >= 11 is 0. The lowest BCUT2D eigenvalue weighted by Crippen LogP contribution is -2.57. The van der Waals surface area contributed by atoms with E-state index >= 15 is 0 Å². The number of pyridine rings is 1. The van der Waals surface area contributed by atoms with Crippen LogP contribution >= 0.6 is 0 Å². The molecule has 2 aliphatic rings. The number of para-hydroxylation sites is 1. The number of benzene rings is 2. The Labute approximate surface area is 217 Å². The average molecular weight is 515 g/mol. The Morgan fingerprint density at radius 1 is 0.895 bits per heavy atom. The fraction of sp³-hybridized carbons (Fsp3) is 0.214. The van der Waals surface area contributed by atoms with Crippen LogP contribution in [-0.2, 0) is 4.79 Å². The lowest BCUT2D eigenvalue weighted by Gasteiger charge is -2.43. The summed E-state index contributed by atoms with van der Waals surface area (Å²) in [6, 6.07) is 18.4. The zero-order chi connectivity index (χ0) is 26.3. The summed E-state index contributed by atoms with van der Waals surface area (Å²) in [4.78, 5) is 34.3. The molecule has 0 saturated carbocycles. The fourth-order valence-corrected chi connectivity index (χ4v) is 5.30. The maximum absolute atomic E-state index is 14.0. The first-order valence-corrected chi connectivity index (χ1v) is 12.3. The standard InChI is InChI=1S/C28H24F2N6O2/c29-22-7-6-21(16-23(22)30)36-25(19-8-12-31-13-9-19)17-24(33-36)26(37)34-14-10-28(11-15-34)27(38)32-18-35(28)20-4-2-1-3-5-20/h1-9,12-13,16-17H,10-11,14-15,18H2,(H,32,38). The van der Waals surface area contributed by atoms with Crippen LogP contribution in [0, 0.1) is 11.6 Å². The molecule has 2 aliphatic heterocycles. The monoisotopic (exact) mass is 514 g/mol. The lowest BCUT2D eigenvalue weighted by molar-refractivity contribution is -0.124. The summed E-state index contributed by atoms with van der Waals surface area (Å²) < 4.78 is 29.1. The predicted octanol–water partition coefficient (Wildman–Crippen LogP) is 3.78. The Morgan fingerprint density at radius 2 is 1.63 bits per heavy atom. The molecule has 1 N–H and O–H groups in total. The quantitative estimate of drug-likeness (QED) is 0.448. The number of hydrogen-bond donors (Lipinski definition) is 1. The van der Waals surface area contributed by atoms with Crippen LogP contribution in [0.1, 0.15) is 23.3 Å². The Bertz CT molecular complexity index is 1500. The second kappa shape index (κ2) is 9.37. The highest BCUT2D eigenvalue weighted by Crippen LogP contribution is 2.36. The van der Waals surface area contributed by atoms with Gasteiger partial charge < -0.3 is 15.1 Å². The second-order valence-electron chi connectivity index (χ2n) is 9.41. The first-order chi connectivity index (χ1) is 18.5. The molecule has 2 aromatic heterocycles. The van der Waals surface area contributed by atoms with Gasteiger partial charge in [0, 0.05) is 42.8 Å². The second-order valence-corrected chi connectivity index (χ2v) is 9.41. The number of halogens is 2. The van der Waals surface area contributed by atoms with Crippen LogP contribution in [0.15, 0.2) is 79.1 Å². The van der Waals surface area contributed by atoms with Crippen molar-refractivity contribution in [3.8, 4) is 16.9 Å². The molecule has 0 atom stereocenters. The number of carbonyl (C=O) groups is 2. The molecule has 0 radical (unpaired) electrons. The molecule has 8 nitrogen and oxygen atoms in total. The molecule has 38 heavy (non-hydrogen) atoms. The molecule has 2 fully saturated rings.